The fourth-order valence-corrected chi connectivity index (χ4v) is 3.29. The minimum Gasteiger partial charge on any atom is -0.444 e. The number of carbonyl (C=O) groups excluding carboxylic acids is 1. The highest BCUT2D eigenvalue weighted by molar-refractivity contribution is 5.68. The molecule has 1 aliphatic rings. The van der Waals surface area contributed by atoms with Crippen molar-refractivity contribution in [2.45, 2.75) is 52.2 Å². The molecule has 23 heavy (non-hydrogen) atoms. The minimum atomic E-state index is -0.494. The van der Waals surface area contributed by atoms with Crippen LogP contribution >= 0.6 is 0 Å². The molecular weight excluding hydrogens is 290 g/mol. The first kappa shape index (κ1) is 17.8. The van der Waals surface area contributed by atoms with Crippen LogP contribution in [0.1, 0.15) is 39.7 Å². The van der Waals surface area contributed by atoms with Crippen LogP contribution in [0, 0.1) is 11.8 Å². The first-order chi connectivity index (χ1) is 10.8. The molecule has 0 aromatic heterocycles. The van der Waals surface area contributed by atoms with Crippen LogP contribution in [0.4, 0.5) is 4.79 Å². The second kappa shape index (κ2) is 7.35. The minimum absolute atomic E-state index is 0.0962. The van der Waals surface area contributed by atoms with Gasteiger partial charge < -0.3 is 14.7 Å². The number of aliphatic hydroxyl groups is 1. The van der Waals surface area contributed by atoms with E-state index in [1.54, 1.807) is 4.90 Å². The van der Waals surface area contributed by atoms with E-state index < -0.39 is 5.60 Å². The van der Waals surface area contributed by atoms with Gasteiger partial charge in [-0.3, -0.25) is 0 Å². The molecule has 1 fully saturated rings. The van der Waals surface area contributed by atoms with Gasteiger partial charge in [-0.05, 0) is 52.0 Å². The van der Waals surface area contributed by atoms with Crippen LogP contribution in [0.25, 0.3) is 0 Å². The lowest BCUT2D eigenvalue weighted by Gasteiger charge is -2.42. The maximum Gasteiger partial charge on any atom is 0.410 e. The van der Waals surface area contributed by atoms with Gasteiger partial charge in [-0.1, -0.05) is 30.3 Å². The first-order valence-corrected chi connectivity index (χ1v) is 8.44. The van der Waals surface area contributed by atoms with Crippen LogP contribution in [0.15, 0.2) is 30.3 Å². The van der Waals surface area contributed by atoms with E-state index in [0.717, 1.165) is 12.8 Å². The Morgan fingerprint density at radius 2 is 1.91 bits per heavy atom. The molecule has 1 unspecified atom stereocenters. The fourth-order valence-electron chi connectivity index (χ4n) is 3.29. The number of amides is 1. The maximum absolute atomic E-state index is 12.4. The highest BCUT2D eigenvalue weighted by Gasteiger charge is 2.37. The summed E-state index contributed by atoms with van der Waals surface area (Å²) in [5, 5.41) is 9.78. The molecule has 3 atom stereocenters. The third-order valence-electron chi connectivity index (χ3n) is 4.48. The zero-order valence-electron chi connectivity index (χ0n) is 14.7. The Morgan fingerprint density at radius 3 is 2.48 bits per heavy atom. The lowest BCUT2D eigenvalue weighted by atomic mass is 9.79. The average molecular weight is 319 g/mol. The molecule has 1 N–H and O–H groups in total. The number of likely N-dealkylation sites (tertiary alicyclic amines) is 1. The molecule has 0 aliphatic carbocycles. The number of carbonyl (C=O) groups is 1. The molecule has 1 aliphatic heterocycles. The summed E-state index contributed by atoms with van der Waals surface area (Å²) >= 11 is 0. The van der Waals surface area contributed by atoms with Gasteiger partial charge in [0.2, 0.25) is 0 Å². The SMILES string of the molecule is C[C@@H]1CC(Cc2ccccc2)[C@@H](CO)CN1C(=O)OC(C)(C)C. The van der Waals surface area contributed by atoms with Gasteiger partial charge in [-0.15, -0.1) is 0 Å². The van der Waals surface area contributed by atoms with E-state index >= 15 is 0 Å². The molecule has 1 aromatic rings. The Bertz CT molecular complexity index is 509. The van der Waals surface area contributed by atoms with E-state index in [1.807, 2.05) is 39.0 Å². The summed E-state index contributed by atoms with van der Waals surface area (Å²) in [6.45, 7) is 8.35. The predicted octanol–water partition coefficient (Wildman–Crippen LogP) is 3.48. The Morgan fingerprint density at radius 1 is 1.26 bits per heavy atom. The molecule has 2 rings (SSSR count). The Balaban J connectivity index is 2.04. The number of piperidine rings is 1. The van der Waals surface area contributed by atoms with Crippen molar-refractivity contribution in [1.29, 1.82) is 0 Å². The van der Waals surface area contributed by atoms with E-state index in [-0.39, 0.29) is 24.7 Å². The largest absolute Gasteiger partial charge is 0.444 e. The third-order valence-corrected chi connectivity index (χ3v) is 4.48. The summed E-state index contributed by atoms with van der Waals surface area (Å²) in [6.07, 6.45) is 1.55. The number of hydrogen-bond acceptors (Lipinski definition) is 3. The highest BCUT2D eigenvalue weighted by atomic mass is 16.6. The van der Waals surface area contributed by atoms with E-state index in [2.05, 4.69) is 19.1 Å². The van der Waals surface area contributed by atoms with Crippen molar-refractivity contribution >= 4 is 6.09 Å². The van der Waals surface area contributed by atoms with Crippen LogP contribution in [0.5, 0.6) is 0 Å². The summed E-state index contributed by atoms with van der Waals surface area (Å²) in [6, 6.07) is 10.5. The van der Waals surface area contributed by atoms with E-state index in [4.69, 9.17) is 4.74 Å². The number of ether oxygens (including phenoxy) is 1. The molecule has 4 heteroatoms. The van der Waals surface area contributed by atoms with Crippen molar-refractivity contribution in [3.8, 4) is 0 Å². The molecule has 1 saturated heterocycles. The number of benzene rings is 1. The zero-order valence-corrected chi connectivity index (χ0v) is 14.7. The lowest BCUT2D eigenvalue weighted by molar-refractivity contribution is -0.0111. The van der Waals surface area contributed by atoms with Crippen LogP contribution in [0.2, 0.25) is 0 Å². The first-order valence-electron chi connectivity index (χ1n) is 8.44. The normalized spacial score (nSPS) is 25.3. The summed E-state index contributed by atoms with van der Waals surface area (Å²) in [5.41, 5.74) is 0.792. The van der Waals surface area contributed by atoms with Gasteiger partial charge in [0, 0.05) is 25.1 Å². The summed E-state index contributed by atoms with van der Waals surface area (Å²) < 4.78 is 5.50. The van der Waals surface area contributed by atoms with Crippen molar-refractivity contribution in [3.63, 3.8) is 0 Å². The quantitative estimate of drug-likeness (QED) is 0.928. The molecule has 0 saturated carbocycles. The van der Waals surface area contributed by atoms with Gasteiger partial charge in [0.15, 0.2) is 0 Å². The number of aliphatic hydroxyl groups excluding tert-OH is 1. The fraction of sp³-hybridized carbons (Fsp3) is 0.632. The van der Waals surface area contributed by atoms with Crippen LogP contribution < -0.4 is 0 Å². The molecule has 0 bridgehead atoms. The van der Waals surface area contributed by atoms with Crippen molar-refractivity contribution in [1.82, 2.24) is 4.90 Å². The Labute approximate surface area is 139 Å². The highest BCUT2D eigenvalue weighted by Crippen LogP contribution is 2.31. The van der Waals surface area contributed by atoms with E-state index in [9.17, 15) is 9.90 Å². The topological polar surface area (TPSA) is 49.8 Å². The molecule has 1 amide bonds. The van der Waals surface area contributed by atoms with Crippen LogP contribution in [-0.2, 0) is 11.2 Å². The van der Waals surface area contributed by atoms with Crippen LogP contribution in [0.3, 0.4) is 0 Å². The predicted molar refractivity (Wildman–Crippen MR) is 91.2 cm³/mol. The molecule has 0 spiro atoms. The van der Waals surface area contributed by atoms with Crippen molar-refractivity contribution in [3.05, 3.63) is 35.9 Å². The molecule has 1 heterocycles. The summed E-state index contributed by atoms with van der Waals surface area (Å²) in [7, 11) is 0. The molecular formula is C19H29NO3. The smallest absolute Gasteiger partial charge is 0.410 e. The van der Waals surface area contributed by atoms with Gasteiger partial charge in [0.25, 0.3) is 0 Å². The van der Waals surface area contributed by atoms with E-state index in [1.165, 1.54) is 5.56 Å². The molecule has 128 valence electrons. The third kappa shape index (κ3) is 4.96. The standard InChI is InChI=1S/C19H29NO3/c1-14-10-16(11-15-8-6-5-7-9-15)17(13-21)12-20(14)18(22)23-19(2,3)4/h5-9,14,16-17,21H,10-13H2,1-4H3/t14-,16?,17-/m1/s1. The van der Waals surface area contributed by atoms with E-state index in [0.29, 0.717) is 12.5 Å². The summed E-state index contributed by atoms with van der Waals surface area (Å²) in [5.74, 6) is 0.481. The maximum atomic E-state index is 12.4. The number of rotatable bonds is 3. The Hall–Kier alpha value is -1.55. The molecule has 1 aromatic carbocycles. The second-order valence-corrected chi connectivity index (χ2v) is 7.61. The number of hydrogen-bond donors (Lipinski definition) is 1. The van der Waals surface area contributed by atoms with Crippen molar-refractivity contribution < 1.29 is 14.6 Å². The second-order valence-electron chi connectivity index (χ2n) is 7.61. The van der Waals surface area contributed by atoms with Gasteiger partial charge in [-0.2, -0.15) is 0 Å². The van der Waals surface area contributed by atoms with Gasteiger partial charge in [-0.25, -0.2) is 4.79 Å². The average Bonchev–Trinajstić information content (AvgIpc) is 2.46. The molecule has 0 radical (unpaired) electrons. The Kier molecular flexibility index (Phi) is 5.69. The molecule has 4 nitrogen and oxygen atoms in total. The van der Waals surface area contributed by atoms with Gasteiger partial charge >= 0.3 is 6.09 Å². The van der Waals surface area contributed by atoms with Gasteiger partial charge in [0.05, 0.1) is 0 Å². The lowest BCUT2D eigenvalue weighted by Crippen LogP contribution is -2.51. The zero-order chi connectivity index (χ0) is 17.0. The number of nitrogens with zero attached hydrogens (tertiary/aromatic N) is 1. The van der Waals surface area contributed by atoms with Gasteiger partial charge in [0.1, 0.15) is 5.60 Å². The van der Waals surface area contributed by atoms with Crippen molar-refractivity contribution in [2.75, 3.05) is 13.2 Å². The van der Waals surface area contributed by atoms with Crippen LogP contribution in [-0.4, -0.2) is 40.9 Å². The van der Waals surface area contributed by atoms with Crippen molar-refractivity contribution in [2.24, 2.45) is 11.8 Å². The monoisotopic (exact) mass is 319 g/mol. The summed E-state index contributed by atoms with van der Waals surface area (Å²) in [4.78, 5) is 14.1.